The van der Waals surface area contributed by atoms with Gasteiger partial charge in [0.05, 0.1) is 4.90 Å². The summed E-state index contributed by atoms with van der Waals surface area (Å²) in [5.41, 5.74) is 1.44. The molecule has 8 heteroatoms. The van der Waals surface area contributed by atoms with E-state index in [1.807, 2.05) is 0 Å². The second-order valence-electron chi connectivity index (χ2n) is 8.60. The van der Waals surface area contributed by atoms with Crippen molar-refractivity contribution in [1.29, 1.82) is 0 Å². The molecule has 1 unspecified atom stereocenters. The van der Waals surface area contributed by atoms with Gasteiger partial charge >= 0.3 is 0 Å². The van der Waals surface area contributed by atoms with Gasteiger partial charge in [-0.2, -0.15) is 0 Å². The van der Waals surface area contributed by atoms with Crippen LogP contribution in [0.5, 0.6) is 0 Å². The van der Waals surface area contributed by atoms with Crippen molar-refractivity contribution >= 4 is 21.6 Å². The van der Waals surface area contributed by atoms with Gasteiger partial charge in [0.2, 0.25) is 15.9 Å². The van der Waals surface area contributed by atoms with E-state index in [2.05, 4.69) is 35.4 Å². The molecule has 162 valence electrons. The summed E-state index contributed by atoms with van der Waals surface area (Å²) < 4.78 is 28.8. The van der Waals surface area contributed by atoms with Crippen molar-refractivity contribution in [2.24, 2.45) is 5.92 Å². The van der Waals surface area contributed by atoms with E-state index < -0.39 is 10.0 Å². The third kappa shape index (κ3) is 5.17. The predicted octanol–water partition coefficient (Wildman–Crippen LogP) is 1.67. The Hall–Kier alpha value is -1.48. The number of nitrogens with one attached hydrogen (secondary N) is 1. The van der Waals surface area contributed by atoms with Crippen LogP contribution in [0, 0.1) is 12.8 Å². The first kappa shape index (κ1) is 22.2. The first-order valence-electron chi connectivity index (χ1n) is 10.5. The zero-order valence-corrected chi connectivity index (χ0v) is 18.8. The third-order valence-corrected chi connectivity index (χ3v) is 7.68. The first-order chi connectivity index (χ1) is 13.7. The number of hydrogen-bond donors (Lipinski definition) is 1. The van der Waals surface area contributed by atoms with Crippen molar-refractivity contribution < 1.29 is 13.2 Å². The van der Waals surface area contributed by atoms with Crippen molar-refractivity contribution in [3.05, 3.63) is 23.8 Å². The van der Waals surface area contributed by atoms with Gasteiger partial charge in [-0.1, -0.05) is 13.8 Å². The van der Waals surface area contributed by atoms with E-state index in [1.54, 1.807) is 30.0 Å². The van der Waals surface area contributed by atoms with Crippen molar-refractivity contribution in [1.82, 2.24) is 14.5 Å². The molecule has 0 radical (unpaired) electrons. The highest BCUT2D eigenvalue weighted by Gasteiger charge is 2.28. The standard InChI is InChI=1S/C21H34N4O3S/c1-16(2)19(24-12-10-23(4)11-13-24)15-22-29(27,28)20-8-7-18(14-17(20)3)25-9-5-6-21(25)26/h7-8,14,16,19,22H,5-6,9-13,15H2,1-4H3. The molecule has 1 amide bonds. The van der Waals surface area contributed by atoms with E-state index in [-0.39, 0.29) is 16.8 Å². The van der Waals surface area contributed by atoms with Gasteiger partial charge < -0.3 is 9.80 Å². The number of amides is 1. The number of sulfonamides is 1. The maximum Gasteiger partial charge on any atom is 0.240 e. The minimum Gasteiger partial charge on any atom is -0.312 e. The van der Waals surface area contributed by atoms with Gasteiger partial charge in [-0.05, 0) is 50.1 Å². The number of anilines is 1. The molecule has 3 rings (SSSR count). The summed E-state index contributed by atoms with van der Waals surface area (Å²) in [6.07, 6.45) is 1.41. The molecular weight excluding hydrogens is 388 g/mol. The van der Waals surface area contributed by atoms with E-state index in [1.165, 1.54) is 0 Å². The van der Waals surface area contributed by atoms with Crippen LogP contribution in [-0.2, 0) is 14.8 Å². The Morgan fingerprint density at radius 1 is 1.10 bits per heavy atom. The summed E-state index contributed by atoms with van der Waals surface area (Å²) in [5, 5.41) is 0. The maximum atomic E-state index is 13.0. The Morgan fingerprint density at radius 2 is 1.79 bits per heavy atom. The summed E-state index contributed by atoms with van der Waals surface area (Å²) in [7, 11) is -1.50. The van der Waals surface area contributed by atoms with Crippen molar-refractivity contribution in [3.63, 3.8) is 0 Å². The minimum absolute atomic E-state index is 0.102. The molecule has 2 aliphatic heterocycles. The lowest BCUT2D eigenvalue weighted by molar-refractivity contribution is -0.117. The fraction of sp³-hybridized carbons (Fsp3) is 0.667. The Labute approximate surface area is 175 Å². The smallest absolute Gasteiger partial charge is 0.240 e. The average Bonchev–Trinajstić information content (AvgIpc) is 3.08. The zero-order chi connectivity index (χ0) is 21.2. The van der Waals surface area contributed by atoms with Gasteiger partial charge in [-0.25, -0.2) is 13.1 Å². The SMILES string of the molecule is Cc1cc(N2CCCC2=O)ccc1S(=O)(=O)NCC(C(C)C)N1CCN(C)CC1. The number of carbonyl (C=O) groups excluding carboxylic acids is 1. The summed E-state index contributed by atoms with van der Waals surface area (Å²) in [6, 6.07) is 5.34. The van der Waals surface area contributed by atoms with Crippen molar-refractivity contribution in [2.45, 2.75) is 44.6 Å². The van der Waals surface area contributed by atoms with Gasteiger partial charge in [0.25, 0.3) is 0 Å². The number of piperazine rings is 1. The molecule has 1 atom stereocenters. The zero-order valence-electron chi connectivity index (χ0n) is 18.0. The number of rotatable bonds is 7. The van der Waals surface area contributed by atoms with Gasteiger partial charge in [-0.15, -0.1) is 0 Å². The molecule has 7 nitrogen and oxygen atoms in total. The highest BCUT2D eigenvalue weighted by atomic mass is 32.2. The van der Waals surface area contributed by atoms with E-state index in [9.17, 15) is 13.2 Å². The van der Waals surface area contributed by atoms with Gasteiger partial charge in [0.1, 0.15) is 0 Å². The van der Waals surface area contributed by atoms with Crippen LogP contribution in [-0.4, -0.2) is 76.5 Å². The lowest BCUT2D eigenvalue weighted by atomic mass is 10.0. The normalized spacial score (nSPS) is 20.6. The van der Waals surface area contributed by atoms with Gasteiger partial charge in [0.15, 0.2) is 0 Å². The molecule has 0 saturated carbocycles. The number of hydrogen-bond acceptors (Lipinski definition) is 5. The molecular formula is C21H34N4O3S. The van der Waals surface area contributed by atoms with Crippen LogP contribution in [0.2, 0.25) is 0 Å². The third-order valence-electron chi connectivity index (χ3n) is 6.09. The molecule has 2 heterocycles. The maximum absolute atomic E-state index is 13.0. The Morgan fingerprint density at radius 3 is 2.34 bits per heavy atom. The second-order valence-corrected chi connectivity index (χ2v) is 10.3. The summed E-state index contributed by atoms with van der Waals surface area (Å²) >= 11 is 0. The Balaban J connectivity index is 1.70. The van der Waals surface area contributed by atoms with E-state index >= 15 is 0 Å². The quantitative estimate of drug-likeness (QED) is 0.724. The highest BCUT2D eigenvalue weighted by molar-refractivity contribution is 7.89. The van der Waals surface area contributed by atoms with Crippen LogP contribution in [0.4, 0.5) is 5.69 Å². The van der Waals surface area contributed by atoms with Crippen LogP contribution in [0.1, 0.15) is 32.3 Å². The number of benzene rings is 1. The average molecular weight is 423 g/mol. The second kappa shape index (κ2) is 9.12. The lowest BCUT2D eigenvalue weighted by Crippen LogP contribution is -2.54. The first-order valence-corrected chi connectivity index (χ1v) is 12.0. The number of nitrogens with zero attached hydrogens (tertiary/aromatic N) is 3. The van der Waals surface area contributed by atoms with Crippen LogP contribution >= 0.6 is 0 Å². The molecule has 1 aromatic rings. The number of carbonyl (C=O) groups is 1. The van der Waals surface area contributed by atoms with Crippen LogP contribution in [0.15, 0.2) is 23.1 Å². The monoisotopic (exact) mass is 422 g/mol. The highest BCUT2D eigenvalue weighted by Crippen LogP contribution is 2.26. The molecule has 0 aromatic heterocycles. The predicted molar refractivity (Wildman–Crippen MR) is 116 cm³/mol. The summed E-state index contributed by atoms with van der Waals surface area (Å²) in [5.74, 6) is 0.454. The minimum atomic E-state index is -3.61. The number of aryl methyl sites for hydroxylation is 1. The fourth-order valence-corrected chi connectivity index (χ4v) is 5.51. The molecule has 0 bridgehead atoms. The molecule has 2 aliphatic rings. The lowest BCUT2D eigenvalue weighted by Gasteiger charge is -2.39. The van der Waals surface area contributed by atoms with Crippen LogP contribution in [0.3, 0.4) is 0 Å². The molecule has 2 fully saturated rings. The van der Waals surface area contributed by atoms with E-state index in [0.29, 0.717) is 31.0 Å². The Bertz CT molecular complexity index is 832. The number of likely N-dealkylation sites (N-methyl/N-ethyl adjacent to an activating group) is 1. The van der Waals surface area contributed by atoms with Crippen LogP contribution in [0.25, 0.3) is 0 Å². The molecule has 0 aliphatic carbocycles. The summed E-state index contributed by atoms with van der Waals surface area (Å²) in [4.78, 5) is 18.7. The molecule has 1 aromatic carbocycles. The molecule has 1 N–H and O–H groups in total. The topological polar surface area (TPSA) is 73.0 Å². The van der Waals surface area contributed by atoms with Crippen molar-refractivity contribution in [3.8, 4) is 0 Å². The van der Waals surface area contributed by atoms with Gasteiger partial charge in [-0.3, -0.25) is 9.69 Å². The van der Waals surface area contributed by atoms with E-state index in [4.69, 9.17) is 0 Å². The molecule has 29 heavy (non-hydrogen) atoms. The summed E-state index contributed by atoms with van der Waals surface area (Å²) in [6.45, 7) is 11.1. The van der Waals surface area contributed by atoms with Gasteiger partial charge in [0, 0.05) is 57.4 Å². The Kier molecular flexibility index (Phi) is 6.98. The van der Waals surface area contributed by atoms with E-state index in [0.717, 1.165) is 38.3 Å². The molecule has 0 spiro atoms. The van der Waals surface area contributed by atoms with Crippen LogP contribution < -0.4 is 9.62 Å². The molecule has 2 saturated heterocycles. The van der Waals surface area contributed by atoms with Crippen molar-refractivity contribution in [2.75, 3.05) is 51.2 Å². The largest absolute Gasteiger partial charge is 0.312 e. The fourth-order valence-electron chi connectivity index (χ4n) is 4.24.